The third kappa shape index (κ3) is 2.76. The second-order valence-electron chi connectivity index (χ2n) is 3.89. The molecule has 0 bridgehead atoms. The van der Waals surface area contributed by atoms with E-state index >= 15 is 0 Å². The van der Waals surface area contributed by atoms with Gasteiger partial charge in [0.1, 0.15) is 5.01 Å². The Morgan fingerprint density at radius 2 is 2.60 bits per heavy atom. The molecule has 1 aromatic heterocycles. The van der Waals surface area contributed by atoms with Gasteiger partial charge in [-0.3, -0.25) is 4.79 Å². The molecule has 1 unspecified atom stereocenters. The topological polar surface area (TPSA) is 54.0 Å². The molecule has 15 heavy (non-hydrogen) atoms. The zero-order valence-electron chi connectivity index (χ0n) is 8.69. The van der Waals surface area contributed by atoms with E-state index in [0.717, 1.165) is 18.1 Å². The molecular weight excluding hydrogens is 210 g/mol. The van der Waals surface area contributed by atoms with Crippen LogP contribution in [0.15, 0.2) is 11.6 Å². The van der Waals surface area contributed by atoms with Crippen LogP contribution in [0.25, 0.3) is 0 Å². The van der Waals surface area contributed by atoms with E-state index in [2.05, 4.69) is 15.6 Å². The normalized spacial score (nSPS) is 18.2. The second-order valence-corrected chi connectivity index (χ2v) is 4.81. The van der Waals surface area contributed by atoms with Gasteiger partial charge in [-0.2, -0.15) is 0 Å². The number of carbonyl (C=O) groups excluding carboxylic acids is 1. The Bertz CT molecular complexity index is 321. The van der Waals surface area contributed by atoms with E-state index in [-0.39, 0.29) is 11.9 Å². The van der Waals surface area contributed by atoms with Gasteiger partial charge in [-0.1, -0.05) is 0 Å². The minimum atomic E-state index is 0.0329. The van der Waals surface area contributed by atoms with Gasteiger partial charge < -0.3 is 10.6 Å². The van der Waals surface area contributed by atoms with E-state index < -0.39 is 0 Å². The summed E-state index contributed by atoms with van der Waals surface area (Å²) in [7, 11) is 0. The fourth-order valence-corrected chi connectivity index (χ4v) is 2.21. The van der Waals surface area contributed by atoms with Crippen LogP contribution in [-0.2, 0) is 4.79 Å². The van der Waals surface area contributed by atoms with Crippen molar-refractivity contribution in [2.75, 3.05) is 13.1 Å². The van der Waals surface area contributed by atoms with E-state index in [9.17, 15) is 4.79 Å². The Hall–Kier alpha value is -0.940. The maximum Gasteiger partial charge on any atom is 0.220 e. The molecular formula is C10H15N3OS. The number of hydrogen-bond acceptors (Lipinski definition) is 4. The van der Waals surface area contributed by atoms with Crippen molar-refractivity contribution in [2.45, 2.75) is 19.4 Å². The van der Waals surface area contributed by atoms with E-state index in [1.54, 1.807) is 17.5 Å². The molecule has 0 spiro atoms. The summed E-state index contributed by atoms with van der Waals surface area (Å²) in [5.41, 5.74) is 0. The van der Waals surface area contributed by atoms with Crippen LogP contribution < -0.4 is 10.6 Å². The van der Waals surface area contributed by atoms with Crippen LogP contribution in [0.3, 0.4) is 0 Å². The summed E-state index contributed by atoms with van der Waals surface area (Å²) in [4.78, 5) is 15.8. The lowest BCUT2D eigenvalue weighted by molar-refractivity contribution is -0.123. The lowest BCUT2D eigenvalue weighted by atomic mass is 9.99. The summed E-state index contributed by atoms with van der Waals surface area (Å²) in [6.07, 6.45) is 2.39. The molecule has 0 saturated carbocycles. The van der Waals surface area contributed by atoms with E-state index in [0.29, 0.717) is 12.3 Å². The van der Waals surface area contributed by atoms with Crippen LogP contribution >= 0.6 is 11.3 Å². The molecule has 5 heteroatoms. The van der Waals surface area contributed by atoms with Crippen molar-refractivity contribution < 1.29 is 4.79 Å². The van der Waals surface area contributed by atoms with Gasteiger partial charge in [0, 0.05) is 18.0 Å². The molecule has 4 nitrogen and oxygen atoms in total. The molecule has 1 fully saturated rings. The van der Waals surface area contributed by atoms with Gasteiger partial charge in [0.05, 0.1) is 6.04 Å². The summed E-state index contributed by atoms with van der Waals surface area (Å²) in [5.74, 6) is 0.651. The van der Waals surface area contributed by atoms with Crippen molar-refractivity contribution >= 4 is 17.2 Å². The Balaban J connectivity index is 1.78. The average Bonchev–Trinajstić information content (AvgIpc) is 2.64. The largest absolute Gasteiger partial charge is 0.347 e. The summed E-state index contributed by atoms with van der Waals surface area (Å²) in [6.45, 7) is 3.91. The summed E-state index contributed by atoms with van der Waals surface area (Å²) in [5, 5.41) is 9.01. The highest BCUT2D eigenvalue weighted by Gasteiger charge is 2.21. The molecule has 0 aliphatic carbocycles. The first kappa shape index (κ1) is 10.6. The van der Waals surface area contributed by atoms with Crippen LogP contribution in [-0.4, -0.2) is 24.0 Å². The monoisotopic (exact) mass is 225 g/mol. The van der Waals surface area contributed by atoms with E-state index in [1.807, 2.05) is 12.3 Å². The molecule has 1 aliphatic heterocycles. The number of carbonyl (C=O) groups is 1. The number of amides is 1. The summed E-state index contributed by atoms with van der Waals surface area (Å²) in [6, 6.07) is 0.0329. The zero-order valence-corrected chi connectivity index (χ0v) is 9.51. The number of rotatable bonds is 4. The summed E-state index contributed by atoms with van der Waals surface area (Å²) >= 11 is 1.57. The van der Waals surface area contributed by atoms with Crippen molar-refractivity contribution in [1.29, 1.82) is 0 Å². The zero-order chi connectivity index (χ0) is 10.7. The first-order valence-electron chi connectivity index (χ1n) is 5.15. The molecule has 2 N–H and O–H groups in total. The number of nitrogens with one attached hydrogen (secondary N) is 2. The number of thiazole rings is 1. The van der Waals surface area contributed by atoms with Gasteiger partial charge in [0.2, 0.25) is 5.91 Å². The van der Waals surface area contributed by atoms with E-state index in [1.165, 1.54) is 0 Å². The molecule has 2 rings (SSSR count). The SMILES string of the molecule is CC(NC(=O)CC1CNC1)c1nccs1. The van der Waals surface area contributed by atoms with Crippen LogP contribution in [0.4, 0.5) is 0 Å². The smallest absolute Gasteiger partial charge is 0.220 e. The fraction of sp³-hybridized carbons (Fsp3) is 0.600. The predicted octanol–water partition coefficient (Wildman–Crippen LogP) is 0.930. The molecule has 1 aliphatic rings. The molecule has 2 heterocycles. The van der Waals surface area contributed by atoms with Crippen molar-refractivity contribution in [3.05, 3.63) is 16.6 Å². The molecule has 0 aromatic carbocycles. The maximum absolute atomic E-state index is 11.6. The Labute approximate surface area is 93.1 Å². The van der Waals surface area contributed by atoms with E-state index in [4.69, 9.17) is 0 Å². The molecule has 1 aromatic rings. The van der Waals surface area contributed by atoms with Crippen LogP contribution in [0.5, 0.6) is 0 Å². The standard InChI is InChI=1S/C10H15N3OS/c1-7(10-12-2-3-15-10)13-9(14)4-8-5-11-6-8/h2-3,7-8,11H,4-6H2,1H3,(H,13,14). The highest BCUT2D eigenvalue weighted by atomic mass is 32.1. The quantitative estimate of drug-likeness (QED) is 0.801. The fourth-order valence-electron chi connectivity index (χ4n) is 1.57. The van der Waals surface area contributed by atoms with Crippen LogP contribution in [0.1, 0.15) is 24.4 Å². The van der Waals surface area contributed by atoms with Crippen molar-refractivity contribution in [2.24, 2.45) is 5.92 Å². The van der Waals surface area contributed by atoms with Gasteiger partial charge in [-0.15, -0.1) is 11.3 Å². The van der Waals surface area contributed by atoms with Gasteiger partial charge >= 0.3 is 0 Å². The minimum Gasteiger partial charge on any atom is -0.347 e. The van der Waals surface area contributed by atoms with Gasteiger partial charge in [0.25, 0.3) is 0 Å². The third-order valence-corrected chi connectivity index (χ3v) is 3.50. The Morgan fingerprint density at radius 1 is 1.80 bits per heavy atom. The Morgan fingerprint density at radius 3 is 3.13 bits per heavy atom. The van der Waals surface area contributed by atoms with Crippen molar-refractivity contribution in [3.8, 4) is 0 Å². The van der Waals surface area contributed by atoms with Crippen molar-refractivity contribution in [3.63, 3.8) is 0 Å². The summed E-state index contributed by atoms with van der Waals surface area (Å²) < 4.78 is 0. The average molecular weight is 225 g/mol. The lowest BCUT2D eigenvalue weighted by Gasteiger charge is -2.26. The highest BCUT2D eigenvalue weighted by molar-refractivity contribution is 7.09. The van der Waals surface area contributed by atoms with Crippen LogP contribution in [0.2, 0.25) is 0 Å². The molecule has 1 saturated heterocycles. The van der Waals surface area contributed by atoms with Gasteiger partial charge in [-0.25, -0.2) is 4.98 Å². The maximum atomic E-state index is 11.6. The Kier molecular flexibility index (Phi) is 3.33. The second kappa shape index (κ2) is 4.72. The predicted molar refractivity (Wildman–Crippen MR) is 59.6 cm³/mol. The molecule has 82 valence electrons. The van der Waals surface area contributed by atoms with Gasteiger partial charge in [-0.05, 0) is 25.9 Å². The third-order valence-electron chi connectivity index (χ3n) is 2.54. The lowest BCUT2D eigenvalue weighted by Crippen LogP contribution is -2.44. The molecule has 0 radical (unpaired) electrons. The number of hydrogen-bond donors (Lipinski definition) is 2. The molecule has 1 amide bonds. The molecule has 1 atom stereocenters. The first-order valence-corrected chi connectivity index (χ1v) is 6.03. The minimum absolute atomic E-state index is 0.0329. The number of aromatic nitrogens is 1. The van der Waals surface area contributed by atoms with Gasteiger partial charge in [0.15, 0.2) is 0 Å². The van der Waals surface area contributed by atoms with Crippen LogP contribution in [0, 0.1) is 5.92 Å². The highest BCUT2D eigenvalue weighted by Crippen LogP contribution is 2.15. The first-order chi connectivity index (χ1) is 7.25. The number of nitrogens with zero attached hydrogens (tertiary/aromatic N) is 1. The van der Waals surface area contributed by atoms with Crippen molar-refractivity contribution in [1.82, 2.24) is 15.6 Å².